The molecule has 22 heavy (non-hydrogen) atoms. The molecule has 2 aromatic carbocycles. The summed E-state index contributed by atoms with van der Waals surface area (Å²) < 4.78 is 43.5. The van der Waals surface area contributed by atoms with Gasteiger partial charge in [-0.2, -0.15) is 13.2 Å². The van der Waals surface area contributed by atoms with Gasteiger partial charge in [0, 0.05) is 0 Å². The summed E-state index contributed by atoms with van der Waals surface area (Å²) in [5.41, 5.74) is 0.529. The van der Waals surface area contributed by atoms with E-state index >= 15 is 0 Å². The van der Waals surface area contributed by atoms with Crippen LogP contribution in [0.3, 0.4) is 0 Å². The highest BCUT2D eigenvalue weighted by atomic mass is 19.4. The Balaban J connectivity index is 2.00. The average Bonchev–Trinajstić information content (AvgIpc) is 2.47. The predicted molar refractivity (Wildman–Crippen MR) is 76.1 cm³/mol. The second kappa shape index (κ2) is 6.64. The normalized spacial score (nSPS) is 11.3. The number of esters is 1. The number of alkyl halides is 3. The molecule has 5 heteroatoms. The van der Waals surface area contributed by atoms with E-state index in [1.807, 2.05) is 18.2 Å². The maximum Gasteiger partial charge on any atom is 0.416 e. The van der Waals surface area contributed by atoms with Crippen LogP contribution in [0.5, 0.6) is 0 Å². The predicted octanol–water partition coefficient (Wildman–Crippen LogP) is 4.30. The SMILES string of the molecule is Cc1ccc(CC(=O)OCc2ccccc2)cc1C(F)(F)F. The molecule has 0 aliphatic rings. The molecule has 0 saturated heterocycles. The summed E-state index contributed by atoms with van der Waals surface area (Å²) in [5.74, 6) is -0.555. The van der Waals surface area contributed by atoms with Crippen molar-refractivity contribution in [2.24, 2.45) is 0 Å². The number of halogens is 3. The van der Waals surface area contributed by atoms with E-state index < -0.39 is 17.7 Å². The van der Waals surface area contributed by atoms with Crippen LogP contribution in [0.15, 0.2) is 48.5 Å². The number of benzene rings is 2. The van der Waals surface area contributed by atoms with E-state index in [-0.39, 0.29) is 24.2 Å². The van der Waals surface area contributed by atoms with Crippen LogP contribution in [0.1, 0.15) is 22.3 Å². The van der Waals surface area contributed by atoms with E-state index in [0.717, 1.165) is 11.6 Å². The molecular weight excluding hydrogens is 293 g/mol. The first-order chi connectivity index (χ1) is 10.4. The van der Waals surface area contributed by atoms with E-state index in [2.05, 4.69) is 0 Å². The minimum atomic E-state index is -4.42. The van der Waals surface area contributed by atoms with E-state index in [1.165, 1.54) is 19.1 Å². The second-order valence-corrected chi connectivity index (χ2v) is 4.97. The molecule has 0 fully saturated rings. The molecule has 0 radical (unpaired) electrons. The fourth-order valence-electron chi connectivity index (χ4n) is 2.04. The minimum Gasteiger partial charge on any atom is -0.461 e. The monoisotopic (exact) mass is 308 g/mol. The van der Waals surface area contributed by atoms with Crippen LogP contribution in [0, 0.1) is 6.92 Å². The van der Waals surface area contributed by atoms with Crippen LogP contribution in [-0.2, 0) is 28.7 Å². The van der Waals surface area contributed by atoms with Gasteiger partial charge < -0.3 is 4.74 Å². The molecule has 0 N–H and O–H groups in total. The Labute approximate surface area is 126 Å². The topological polar surface area (TPSA) is 26.3 Å². The smallest absolute Gasteiger partial charge is 0.416 e. The summed E-state index contributed by atoms with van der Waals surface area (Å²) in [7, 11) is 0. The Morgan fingerprint density at radius 1 is 1.05 bits per heavy atom. The van der Waals surface area contributed by atoms with Crippen molar-refractivity contribution in [3.8, 4) is 0 Å². The van der Waals surface area contributed by atoms with Gasteiger partial charge in [0.1, 0.15) is 6.61 Å². The zero-order chi connectivity index (χ0) is 16.2. The van der Waals surface area contributed by atoms with Gasteiger partial charge in [0.2, 0.25) is 0 Å². The van der Waals surface area contributed by atoms with Crippen molar-refractivity contribution < 1.29 is 22.7 Å². The van der Waals surface area contributed by atoms with Gasteiger partial charge in [0.05, 0.1) is 12.0 Å². The van der Waals surface area contributed by atoms with Crippen LogP contribution in [0.2, 0.25) is 0 Å². The first kappa shape index (κ1) is 16.1. The Bertz CT molecular complexity index is 649. The molecule has 0 bridgehead atoms. The van der Waals surface area contributed by atoms with Crippen LogP contribution in [0.4, 0.5) is 13.2 Å². The molecule has 2 aromatic rings. The lowest BCUT2D eigenvalue weighted by molar-refractivity contribution is -0.144. The Morgan fingerprint density at radius 2 is 1.73 bits per heavy atom. The molecule has 0 heterocycles. The van der Waals surface area contributed by atoms with Gasteiger partial charge in [0.15, 0.2) is 0 Å². The van der Waals surface area contributed by atoms with E-state index in [1.54, 1.807) is 12.1 Å². The maximum absolute atomic E-state index is 12.8. The van der Waals surface area contributed by atoms with Gasteiger partial charge in [-0.1, -0.05) is 42.5 Å². The lowest BCUT2D eigenvalue weighted by atomic mass is 10.0. The molecular formula is C17H15F3O2. The molecule has 0 aromatic heterocycles. The number of hydrogen-bond acceptors (Lipinski definition) is 2. The number of aryl methyl sites for hydroxylation is 1. The van der Waals surface area contributed by atoms with Gasteiger partial charge in [-0.15, -0.1) is 0 Å². The molecule has 0 unspecified atom stereocenters. The van der Waals surface area contributed by atoms with Crippen LogP contribution in [0.25, 0.3) is 0 Å². The third-order valence-corrected chi connectivity index (χ3v) is 3.20. The van der Waals surface area contributed by atoms with Crippen molar-refractivity contribution in [2.45, 2.75) is 26.1 Å². The Morgan fingerprint density at radius 3 is 2.36 bits per heavy atom. The number of carbonyl (C=O) groups excluding carboxylic acids is 1. The lowest BCUT2D eigenvalue weighted by Crippen LogP contribution is -2.11. The van der Waals surface area contributed by atoms with Gasteiger partial charge in [-0.3, -0.25) is 4.79 Å². The summed E-state index contributed by atoms with van der Waals surface area (Å²) in [6, 6.07) is 13.0. The molecule has 2 rings (SSSR count). The summed E-state index contributed by atoms with van der Waals surface area (Å²) >= 11 is 0. The number of hydrogen-bond donors (Lipinski definition) is 0. The quantitative estimate of drug-likeness (QED) is 0.787. The largest absolute Gasteiger partial charge is 0.461 e. The molecule has 2 nitrogen and oxygen atoms in total. The highest BCUT2D eigenvalue weighted by molar-refractivity contribution is 5.72. The van der Waals surface area contributed by atoms with Crippen molar-refractivity contribution >= 4 is 5.97 Å². The fraction of sp³-hybridized carbons (Fsp3) is 0.235. The van der Waals surface area contributed by atoms with Crippen molar-refractivity contribution in [1.29, 1.82) is 0 Å². The van der Waals surface area contributed by atoms with E-state index in [9.17, 15) is 18.0 Å². The van der Waals surface area contributed by atoms with Crippen molar-refractivity contribution in [3.05, 3.63) is 70.8 Å². The zero-order valence-corrected chi connectivity index (χ0v) is 12.0. The van der Waals surface area contributed by atoms with E-state index in [4.69, 9.17) is 4.74 Å². The molecule has 0 atom stereocenters. The number of ether oxygens (including phenoxy) is 1. The third-order valence-electron chi connectivity index (χ3n) is 3.20. The molecule has 0 spiro atoms. The summed E-state index contributed by atoms with van der Waals surface area (Å²) in [5, 5.41) is 0. The first-order valence-corrected chi connectivity index (χ1v) is 6.72. The fourth-order valence-corrected chi connectivity index (χ4v) is 2.04. The molecule has 0 amide bonds. The highest BCUT2D eigenvalue weighted by Crippen LogP contribution is 2.32. The Kier molecular flexibility index (Phi) is 4.85. The third kappa shape index (κ3) is 4.35. The maximum atomic E-state index is 12.8. The van der Waals surface area contributed by atoms with Crippen molar-refractivity contribution in [1.82, 2.24) is 0 Å². The van der Waals surface area contributed by atoms with E-state index in [0.29, 0.717) is 0 Å². The molecule has 0 aliphatic carbocycles. The van der Waals surface area contributed by atoms with Crippen molar-refractivity contribution in [3.63, 3.8) is 0 Å². The first-order valence-electron chi connectivity index (χ1n) is 6.72. The van der Waals surface area contributed by atoms with Crippen LogP contribution < -0.4 is 0 Å². The molecule has 116 valence electrons. The summed E-state index contributed by atoms with van der Waals surface area (Å²) in [6.45, 7) is 1.50. The highest BCUT2D eigenvalue weighted by Gasteiger charge is 2.32. The Hall–Kier alpha value is -2.30. The summed E-state index contributed by atoms with van der Waals surface area (Å²) in [4.78, 5) is 11.7. The lowest BCUT2D eigenvalue weighted by Gasteiger charge is -2.12. The number of carbonyl (C=O) groups is 1. The number of rotatable bonds is 4. The zero-order valence-electron chi connectivity index (χ0n) is 12.0. The van der Waals surface area contributed by atoms with Crippen molar-refractivity contribution in [2.75, 3.05) is 0 Å². The summed E-state index contributed by atoms with van der Waals surface area (Å²) in [6.07, 6.45) is -4.61. The van der Waals surface area contributed by atoms with Crippen LogP contribution in [-0.4, -0.2) is 5.97 Å². The second-order valence-electron chi connectivity index (χ2n) is 4.97. The standard InChI is InChI=1S/C17H15F3O2/c1-12-7-8-14(9-15(12)17(18,19)20)10-16(21)22-11-13-5-3-2-4-6-13/h2-9H,10-11H2,1H3. The van der Waals surface area contributed by atoms with Gasteiger partial charge >= 0.3 is 12.1 Å². The average molecular weight is 308 g/mol. The van der Waals surface area contributed by atoms with Gasteiger partial charge in [-0.25, -0.2) is 0 Å². The minimum absolute atomic E-state index is 0.109. The van der Waals surface area contributed by atoms with Gasteiger partial charge in [-0.05, 0) is 29.7 Å². The molecule has 0 aliphatic heterocycles. The van der Waals surface area contributed by atoms with Gasteiger partial charge in [0.25, 0.3) is 0 Å². The van der Waals surface area contributed by atoms with Crippen LogP contribution >= 0.6 is 0 Å². The molecule has 0 saturated carbocycles.